The quantitative estimate of drug-likeness (QED) is 0.605. The summed E-state index contributed by atoms with van der Waals surface area (Å²) in [6, 6.07) is 8.97. The van der Waals surface area contributed by atoms with Crippen LogP contribution in [0.1, 0.15) is 50.0 Å². The Morgan fingerprint density at radius 1 is 1.09 bits per heavy atom. The van der Waals surface area contributed by atoms with E-state index in [1.807, 2.05) is 17.6 Å². The summed E-state index contributed by atoms with van der Waals surface area (Å²) < 4.78 is 18.3. The van der Waals surface area contributed by atoms with Gasteiger partial charge in [-0.25, -0.2) is 0 Å². The number of ether oxygens (including phenoxy) is 2. The fraction of sp³-hybridized carbons (Fsp3) is 0.462. The lowest BCUT2D eigenvalue weighted by atomic mass is 9.86. The van der Waals surface area contributed by atoms with Gasteiger partial charge in [0.25, 0.3) is 5.91 Å². The number of methoxy groups -OCH3 is 2. The van der Waals surface area contributed by atoms with Gasteiger partial charge in [0.2, 0.25) is 5.91 Å². The Morgan fingerprint density at radius 2 is 1.82 bits per heavy atom. The van der Waals surface area contributed by atoms with Crippen molar-refractivity contribution in [1.29, 1.82) is 0 Å². The number of anilines is 1. The molecule has 1 aromatic carbocycles. The van der Waals surface area contributed by atoms with Crippen molar-refractivity contribution < 1.29 is 23.5 Å². The second kappa shape index (κ2) is 8.42. The minimum Gasteiger partial charge on any atom is -0.493 e. The fourth-order valence-corrected chi connectivity index (χ4v) is 5.33. The van der Waals surface area contributed by atoms with Crippen molar-refractivity contribution >= 4 is 28.6 Å². The molecule has 2 amide bonds. The molecule has 3 aromatic rings. The monoisotopic (exact) mass is 465 g/mol. The molecular formula is C26H31N3O5. The first-order chi connectivity index (χ1) is 16.4. The maximum atomic E-state index is 13.9. The van der Waals surface area contributed by atoms with Crippen LogP contribution in [0.4, 0.5) is 5.69 Å². The van der Waals surface area contributed by atoms with E-state index in [4.69, 9.17) is 13.9 Å². The average molecular weight is 466 g/mol. The molecule has 1 atom stereocenters. The summed E-state index contributed by atoms with van der Waals surface area (Å²) in [5.41, 5.74) is 1.33. The Hall–Kier alpha value is -3.42. The zero-order valence-corrected chi connectivity index (χ0v) is 20.1. The molecule has 8 nitrogen and oxygen atoms in total. The SMILES string of the molecule is COc1ccc(N2C(=O)c3cc4occc4n3C[C@]2(C)C(=O)NC2CCC(C)CC2)cc1OC. The van der Waals surface area contributed by atoms with Crippen LogP contribution in [0, 0.1) is 5.92 Å². The second-order valence-corrected chi connectivity index (χ2v) is 9.67. The molecular weight excluding hydrogens is 434 g/mol. The zero-order valence-electron chi connectivity index (χ0n) is 20.1. The predicted octanol–water partition coefficient (Wildman–Crippen LogP) is 4.37. The topological polar surface area (TPSA) is 85.9 Å². The van der Waals surface area contributed by atoms with Gasteiger partial charge in [0.05, 0.1) is 32.5 Å². The summed E-state index contributed by atoms with van der Waals surface area (Å²) in [6.45, 7) is 4.39. The first-order valence-electron chi connectivity index (χ1n) is 11.8. The average Bonchev–Trinajstić information content (AvgIpc) is 3.43. The van der Waals surface area contributed by atoms with Crippen LogP contribution in [-0.4, -0.2) is 42.2 Å². The highest BCUT2D eigenvalue weighted by Crippen LogP contribution is 2.39. The van der Waals surface area contributed by atoms with E-state index >= 15 is 0 Å². The number of nitrogens with one attached hydrogen (secondary N) is 1. The van der Waals surface area contributed by atoms with Gasteiger partial charge in [-0.15, -0.1) is 0 Å². The number of hydrogen-bond acceptors (Lipinski definition) is 5. The number of nitrogens with zero attached hydrogens (tertiary/aromatic N) is 2. The lowest BCUT2D eigenvalue weighted by molar-refractivity contribution is -0.127. The van der Waals surface area contributed by atoms with E-state index in [-0.39, 0.29) is 17.9 Å². The van der Waals surface area contributed by atoms with Gasteiger partial charge in [-0.1, -0.05) is 6.92 Å². The van der Waals surface area contributed by atoms with Crippen molar-refractivity contribution in [2.75, 3.05) is 19.1 Å². The van der Waals surface area contributed by atoms with Crippen molar-refractivity contribution in [2.45, 2.75) is 57.7 Å². The highest BCUT2D eigenvalue weighted by atomic mass is 16.5. The van der Waals surface area contributed by atoms with E-state index in [1.165, 1.54) is 0 Å². The summed E-state index contributed by atoms with van der Waals surface area (Å²) in [5.74, 6) is 1.30. The van der Waals surface area contributed by atoms with E-state index in [2.05, 4.69) is 12.2 Å². The molecule has 1 aliphatic carbocycles. The molecule has 0 spiro atoms. The number of fused-ring (bicyclic) bond motifs is 3. The van der Waals surface area contributed by atoms with Gasteiger partial charge in [-0.2, -0.15) is 0 Å². The van der Waals surface area contributed by atoms with E-state index in [0.29, 0.717) is 40.9 Å². The predicted molar refractivity (Wildman–Crippen MR) is 129 cm³/mol. The Kier molecular flexibility index (Phi) is 5.54. The lowest BCUT2D eigenvalue weighted by Crippen LogP contribution is -2.65. The highest BCUT2D eigenvalue weighted by Gasteiger charge is 2.49. The van der Waals surface area contributed by atoms with E-state index in [9.17, 15) is 9.59 Å². The minimum atomic E-state index is -1.16. The first-order valence-corrected chi connectivity index (χ1v) is 11.8. The molecule has 5 rings (SSSR count). The number of carbonyl (C=O) groups excluding carboxylic acids is 2. The molecule has 1 fully saturated rings. The lowest BCUT2D eigenvalue weighted by Gasteiger charge is -2.44. The molecule has 3 heterocycles. The van der Waals surface area contributed by atoms with E-state index < -0.39 is 5.54 Å². The van der Waals surface area contributed by atoms with Gasteiger partial charge in [0.15, 0.2) is 17.1 Å². The van der Waals surface area contributed by atoms with Crippen LogP contribution < -0.4 is 19.7 Å². The molecule has 1 N–H and O–H groups in total. The number of furan rings is 1. The van der Waals surface area contributed by atoms with Crippen LogP contribution in [0.25, 0.3) is 11.1 Å². The molecule has 2 aromatic heterocycles. The number of amides is 2. The van der Waals surface area contributed by atoms with Gasteiger partial charge >= 0.3 is 0 Å². The summed E-state index contributed by atoms with van der Waals surface area (Å²) in [5, 5.41) is 3.26. The van der Waals surface area contributed by atoms with Crippen molar-refractivity contribution in [2.24, 2.45) is 5.92 Å². The molecule has 2 aliphatic rings. The van der Waals surface area contributed by atoms with Crippen LogP contribution in [0.5, 0.6) is 11.5 Å². The third-order valence-corrected chi connectivity index (χ3v) is 7.37. The van der Waals surface area contributed by atoms with Crippen molar-refractivity contribution in [3.8, 4) is 11.5 Å². The largest absolute Gasteiger partial charge is 0.493 e. The Balaban J connectivity index is 1.58. The van der Waals surface area contributed by atoms with E-state index in [0.717, 1.165) is 31.2 Å². The van der Waals surface area contributed by atoms with Crippen LogP contribution >= 0.6 is 0 Å². The summed E-state index contributed by atoms with van der Waals surface area (Å²) in [7, 11) is 3.11. The van der Waals surface area contributed by atoms with Crippen LogP contribution in [0.15, 0.2) is 41.0 Å². The molecule has 0 bridgehead atoms. The number of rotatable bonds is 5. The second-order valence-electron chi connectivity index (χ2n) is 9.67. The Labute approximate surface area is 198 Å². The number of hydrogen-bond donors (Lipinski definition) is 1. The fourth-order valence-electron chi connectivity index (χ4n) is 5.33. The maximum Gasteiger partial charge on any atom is 0.276 e. The summed E-state index contributed by atoms with van der Waals surface area (Å²) in [6.07, 6.45) is 5.70. The Bertz CT molecular complexity index is 1240. The maximum absolute atomic E-state index is 13.9. The van der Waals surface area contributed by atoms with Gasteiger partial charge in [0.1, 0.15) is 11.2 Å². The third-order valence-electron chi connectivity index (χ3n) is 7.37. The van der Waals surface area contributed by atoms with Crippen LogP contribution in [-0.2, 0) is 11.3 Å². The standard InChI is InChI=1S/C26H31N3O5/c1-16-5-7-17(8-6-16)27-25(31)26(2)15-28-19-11-12-34-22(19)14-20(28)24(30)29(26)18-9-10-21(32-3)23(13-18)33-4/h9-14,16-17H,5-8,15H2,1-4H3,(H,27,31)/t16?,17?,26-/m1/s1. The molecule has 34 heavy (non-hydrogen) atoms. The molecule has 0 saturated heterocycles. The number of aromatic nitrogens is 1. The van der Waals surface area contributed by atoms with Crippen molar-refractivity contribution in [3.05, 3.63) is 42.3 Å². The molecule has 1 saturated carbocycles. The minimum absolute atomic E-state index is 0.114. The molecule has 180 valence electrons. The third kappa shape index (κ3) is 3.52. The first kappa shape index (κ1) is 22.4. The summed E-state index contributed by atoms with van der Waals surface area (Å²) in [4.78, 5) is 29.4. The van der Waals surface area contributed by atoms with Gasteiger partial charge in [-0.05, 0) is 50.7 Å². The molecule has 0 unspecified atom stereocenters. The normalized spacial score (nSPS) is 24.7. The number of carbonyl (C=O) groups is 2. The Morgan fingerprint density at radius 3 is 2.53 bits per heavy atom. The van der Waals surface area contributed by atoms with Crippen LogP contribution in [0.2, 0.25) is 0 Å². The number of benzene rings is 1. The summed E-state index contributed by atoms with van der Waals surface area (Å²) >= 11 is 0. The molecule has 1 aliphatic heterocycles. The van der Waals surface area contributed by atoms with Crippen molar-refractivity contribution in [3.63, 3.8) is 0 Å². The van der Waals surface area contributed by atoms with Gasteiger partial charge in [-0.3, -0.25) is 14.5 Å². The highest BCUT2D eigenvalue weighted by molar-refractivity contribution is 6.13. The smallest absolute Gasteiger partial charge is 0.276 e. The molecule has 8 heteroatoms. The zero-order chi connectivity index (χ0) is 24.0. The van der Waals surface area contributed by atoms with Crippen molar-refractivity contribution in [1.82, 2.24) is 9.88 Å². The van der Waals surface area contributed by atoms with Gasteiger partial charge < -0.3 is 23.8 Å². The van der Waals surface area contributed by atoms with Crippen LogP contribution in [0.3, 0.4) is 0 Å². The van der Waals surface area contributed by atoms with E-state index in [1.54, 1.807) is 49.6 Å². The van der Waals surface area contributed by atoms with Gasteiger partial charge in [0, 0.05) is 29.9 Å². The molecule has 0 radical (unpaired) electrons.